The van der Waals surface area contributed by atoms with Crippen LogP contribution in [0.4, 0.5) is 5.95 Å². The van der Waals surface area contributed by atoms with Crippen molar-refractivity contribution in [2.45, 2.75) is 63.8 Å². The van der Waals surface area contributed by atoms with E-state index in [0.717, 1.165) is 24.8 Å². The SMILES string of the molecule is COc1cc(O)c2c(c1C)C(=O)CCCCCC(=S)N[C@H](c1nc(NC(=O)[C@H](C)N)no1)CSC2. The Morgan fingerprint density at radius 3 is 2.86 bits per heavy atom. The van der Waals surface area contributed by atoms with Gasteiger partial charge in [-0.15, -0.1) is 0 Å². The molecule has 2 atom stereocenters. The maximum absolute atomic E-state index is 13.1. The fourth-order valence-electron chi connectivity index (χ4n) is 3.78. The van der Waals surface area contributed by atoms with Crippen molar-refractivity contribution >= 4 is 46.6 Å². The summed E-state index contributed by atoms with van der Waals surface area (Å²) >= 11 is 7.00. The maximum atomic E-state index is 13.1. The van der Waals surface area contributed by atoms with Crippen molar-refractivity contribution in [1.82, 2.24) is 15.5 Å². The molecule has 2 heterocycles. The minimum Gasteiger partial charge on any atom is -0.507 e. The van der Waals surface area contributed by atoms with Gasteiger partial charge in [0.1, 0.15) is 17.5 Å². The van der Waals surface area contributed by atoms with Gasteiger partial charge in [-0.25, -0.2) is 0 Å². The molecule has 0 spiro atoms. The number of nitrogens with two attached hydrogens (primary N) is 1. The number of carbonyl (C=O) groups is 2. The van der Waals surface area contributed by atoms with Crippen LogP contribution in [0.5, 0.6) is 11.5 Å². The Kier molecular flexibility index (Phi) is 9.47. The zero-order valence-electron chi connectivity index (χ0n) is 20.1. The van der Waals surface area contributed by atoms with Crippen LogP contribution in [-0.2, 0) is 10.5 Å². The number of aromatic hydroxyl groups is 1. The van der Waals surface area contributed by atoms with E-state index in [2.05, 4.69) is 20.8 Å². The molecular weight excluding hydrogens is 490 g/mol. The summed E-state index contributed by atoms with van der Waals surface area (Å²) in [4.78, 5) is 29.9. The zero-order valence-corrected chi connectivity index (χ0v) is 21.7. The van der Waals surface area contributed by atoms with Crippen molar-refractivity contribution in [3.05, 3.63) is 28.6 Å². The predicted molar refractivity (Wildman–Crippen MR) is 138 cm³/mol. The van der Waals surface area contributed by atoms with Gasteiger partial charge in [0.15, 0.2) is 5.78 Å². The van der Waals surface area contributed by atoms with Gasteiger partial charge >= 0.3 is 0 Å². The number of aromatic nitrogens is 2. The Labute approximate surface area is 213 Å². The van der Waals surface area contributed by atoms with E-state index in [4.69, 9.17) is 27.2 Å². The number of nitrogens with zero attached hydrogens (tertiary/aromatic N) is 2. The second kappa shape index (κ2) is 12.3. The number of hydrogen-bond acceptors (Lipinski definition) is 10. The molecule has 190 valence electrons. The molecule has 1 amide bonds. The number of amides is 1. The number of thiocarbonyl (C=S) groups is 1. The first kappa shape index (κ1) is 26.9. The lowest BCUT2D eigenvalue weighted by Gasteiger charge is -2.20. The minimum absolute atomic E-state index is 0.00646. The van der Waals surface area contributed by atoms with E-state index in [-0.39, 0.29) is 23.4 Å². The van der Waals surface area contributed by atoms with Crippen molar-refractivity contribution in [2.24, 2.45) is 5.73 Å². The van der Waals surface area contributed by atoms with Crippen LogP contribution in [0.1, 0.15) is 72.4 Å². The van der Waals surface area contributed by atoms with E-state index in [1.165, 1.54) is 18.9 Å². The second-order valence-electron chi connectivity index (χ2n) is 8.43. The van der Waals surface area contributed by atoms with Gasteiger partial charge in [-0.1, -0.05) is 18.6 Å². The molecule has 10 nitrogen and oxygen atoms in total. The van der Waals surface area contributed by atoms with Crippen LogP contribution in [-0.4, -0.2) is 50.8 Å². The van der Waals surface area contributed by atoms with Gasteiger partial charge in [0, 0.05) is 40.7 Å². The topological polar surface area (TPSA) is 153 Å². The van der Waals surface area contributed by atoms with Crippen LogP contribution in [0.3, 0.4) is 0 Å². The van der Waals surface area contributed by atoms with Crippen molar-refractivity contribution in [3.63, 3.8) is 0 Å². The van der Waals surface area contributed by atoms with Gasteiger partial charge < -0.3 is 25.4 Å². The number of methoxy groups -OCH3 is 1. The lowest BCUT2D eigenvalue weighted by atomic mass is 9.94. The van der Waals surface area contributed by atoms with Crippen molar-refractivity contribution in [2.75, 3.05) is 18.2 Å². The largest absolute Gasteiger partial charge is 0.507 e. The summed E-state index contributed by atoms with van der Waals surface area (Å²) in [6.07, 6.45) is 3.45. The van der Waals surface area contributed by atoms with Crippen LogP contribution in [0, 0.1) is 6.92 Å². The number of thioether (sulfide) groups is 1. The molecule has 0 saturated heterocycles. The highest BCUT2D eigenvalue weighted by Gasteiger charge is 2.25. The average Bonchev–Trinajstić information content (AvgIpc) is 3.27. The van der Waals surface area contributed by atoms with E-state index in [0.29, 0.717) is 46.2 Å². The van der Waals surface area contributed by atoms with Gasteiger partial charge in [-0.2, -0.15) is 16.7 Å². The van der Waals surface area contributed by atoms with Gasteiger partial charge in [-0.05, 0) is 38.3 Å². The third kappa shape index (κ3) is 6.92. The number of rotatable bonds is 4. The number of nitrogens with one attached hydrogen (secondary N) is 2. The third-order valence-corrected chi connectivity index (χ3v) is 7.07. The summed E-state index contributed by atoms with van der Waals surface area (Å²) in [6.45, 7) is 3.39. The predicted octanol–water partition coefficient (Wildman–Crippen LogP) is 3.42. The van der Waals surface area contributed by atoms with Crippen LogP contribution in [0.25, 0.3) is 0 Å². The lowest BCUT2D eigenvalue weighted by Crippen LogP contribution is -2.33. The third-order valence-electron chi connectivity index (χ3n) is 5.68. The number of phenolic OH excluding ortho intramolecular Hbond substituents is 1. The minimum atomic E-state index is -0.717. The molecule has 1 aromatic carbocycles. The monoisotopic (exact) mass is 521 g/mol. The van der Waals surface area contributed by atoms with Gasteiger partial charge in [-0.3, -0.25) is 14.9 Å². The number of anilines is 1. The van der Waals surface area contributed by atoms with Crippen LogP contribution in [0.2, 0.25) is 0 Å². The number of fused-ring (bicyclic) bond motifs is 1. The molecule has 3 rings (SSSR count). The molecule has 2 aromatic rings. The van der Waals surface area contributed by atoms with Gasteiger partial charge in [0.25, 0.3) is 11.8 Å². The molecule has 1 aliphatic rings. The molecule has 0 unspecified atom stereocenters. The number of hydrogen-bond donors (Lipinski definition) is 4. The summed E-state index contributed by atoms with van der Waals surface area (Å²) in [5, 5.41) is 20.3. The van der Waals surface area contributed by atoms with Crippen LogP contribution >= 0.6 is 24.0 Å². The normalized spacial score (nSPS) is 18.7. The molecule has 12 heteroatoms. The molecule has 1 aliphatic heterocycles. The Morgan fingerprint density at radius 1 is 1.40 bits per heavy atom. The van der Waals surface area contributed by atoms with Crippen molar-refractivity contribution in [1.29, 1.82) is 0 Å². The number of benzene rings is 1. The lowest BCUT2D eigenvalue weighted by molar-refractivity contribution is -0.117. The highest BCUT2D eigenvalue weighted by Crippen LogP contribution is 2.36. The molecule has 1 aromatic heterocycles. The van der Waals surface area contributed by atoms with Crippen LogP contribution in [0.15, 0.2) is 10.6 Å². The van der Waals surface area contributed by atoms with E-state index in [1.807, 2.05) is 6.92 Å². The van der Waals surface area contributed by atoms with Crippen molar-refractivity contribution in [3.8, 4) is 11.5 Å². The Hall–Kier alpha value is -2.70. The molecular formula is C23H31N5O5S2. The first-order chi connectivity index (χ1) is 16.7. The summed E-state index contributed by atoms with van der Waals surface area (Å²) in [5.74, 6) is 1.20. The van der Waals surface area contributed by atoms with Gasteiger partial charge in [0.05, 0.1) is 18.1 Å². The zero-order chi connectivity index (χ0) is 25.5. The van der Waals surface area contributed by atoms with E-state index in [1.54, 1.807) is 13.0 Å². The number of Topliss-reactive ketones (excluding diaryl/α,β-unsaturated/α-hetero) is 1. The molecule has 5 N–H and O–H groups in total. The first-order valence-corrected chi connectivity index (χ1v) is 13.0. The summed E-state index contributed by atoms with van der Waals surface area (Å²) in [5.41, 5.74) is 7.40. The Balaban J connectivity index is 1.87. The fourth-order valence-corrected chi connectivity index (χ4v) is 5.14. The standard InChI is InChI=1S/C23H31N5O5S2/c1-12-18(32-3)9-17(30)14-10-35-11-15(22-27-23(28-33-22)26-21(31)13(2)24)25-19(34)8-6-4-5-7-16(29)20(12)14/h9,13,15,30H,4-8,10-11,24H2,1-3H3,(H,25,34)(H,26,28,31)/t13-,15-/m0/s1. The summed E-state index contributed by atoms with van der Waals surface area (Å²) < 4.78 is 10.8. The molecule has 0 fully saturated rings. The van der Waals surface area contributed by atoms with E-state index >= 15 is 0 Å². The number of phenols is 1. The molecule has 0 aliphatic carbocycles. The van der Waals surface area contributed by atoms with Gasteiger partial charge in [0.2, 0.25) is 5.91 Å². The highest BCUT2D eigenvalue weighted by atomic mass is 32.2. The van der Waals surface area contributed by atoms with Crippen LogP contribution < -0.4 is 21.1 Å². The Morgan fingerprint density at radius 2 is 2.14 bits per heavy atom. The Bertz CT molecular complexity index is 1090. The summed E-state index contributed by atoms with van der Waals surface area (Å²) in [6, 6.07) is 0.399. The fraction of sp³-hybridized carbons (Fsp3) is 0.522. The second-order valence-corrected chi connectivity index (χ2v) is 9.95. The number of ether oxygens (including phenoxy) is 1. The quantitative estimate of drug-likeness (QED) is 0.438. The average molecular weight is 522 g/mol. The molecule has 0 bridgehead atoms. The first-order valence-electron chi connectivity index (χ1n) is 11.4. The molecule has 0 saturated carbocycles. The smallest absolute Gasteiger partial charge is 0.270 e. The van der Waals surface area contributed by atoms with E-state index < -0.39 is 18.0 Å². The molecule has 0 radical (unpaired) electrons. The highest BCUT2D eigenvalue weighted by molar-refractivity contribution is 7.98. The molecule has 35 heavy (non-hydrogen) atoms. The number of carbonyl (C=O) groups excluding carboxylic acids is 2. The van der Waals surface area contributed by atoms with Crippen molar-refractivity contribution < 1.29 is 24.0 Å². The van der Waals surface area contributed by atoms with E-state index in [9.17, 15) is 14.7 Å². The number of ketones is 1. The summed E-state index contributed by atoms with van der Waals surface area (Å²) in [7, 11) is 1.52. The maximum Gasteiger partial charge on any atom is 0.270 e.